The summed E-state index contributed by atoms with van der Waals surface area (Å²) in [6.07, 6.45) is 0. The summed E-state index contributed by atoms with van der Waals surface area (Å²) in [6, 6.07) is 10.9. The van der Waals surface area contributed by atoms with Gasteiger partial charge in [0, 0.05) is 16.6 Å². The highest BCUT2D eigenvalue weighted by molar-refractivity contribution is 9.10. The highest BCUT2D eigenvalue weighted by Crippen LogP contribution is 2.31. The van der Waals surface area contributed by atoms with E-state index < -0.39 is 27.4 Å². The highest BCUT2D eigenvalue weighted by atomic mass is 79.9. The summed E-state index contributed by atoms with van der Waals surface area (Å²) >= 11 is 3.22. The van der Waals surface area contributed by atoms with E-state index in [2.05, 4.69) is 15.9 Å². The molecule has 2 aromatic rings. The fourth-order valence-corrected chi connectivity index (χ4v) is 4.09. The average molecular weight is 414 g/mol. The van der Waals surface area contributed by atoms with Crippen molar-refractivity contribution in [1.82, 2.24) is 0 Å². The second-order valence-electron chi connectivity index (χ2n) is 4.68. The van der Waals surface area contributed by atoms with E-state index in [4.69, 9.17) is 5.73 Å². The summed E-state index contributed by atoms with van der Waals surface area (Å²) < 4.78 is 27.0. The van der Waals surface area contributed by atoms with E-state index in [1.807, 2.05) is 0 Å². The Kier molecular flexibility index (Phi) is 5.20. The van der Waals surface area contributed by atoms with Gasteiger partial charge in [-0.2, -0.15) is 0 Å². The molecule has 8 nitrogen and oxygen atoms in total. The lowest BCUT2D eigenvalue weighted by Crippen LogP contribution is -2.38. The summed E-state index contributed by atoms with van der Waals surface area (Å²) in [5.74, 6) is -0.861. The van der Waals surface area contributed by atoms with Gasteiger partial charge in [-0.1, -0.05) is 18.2 Å². The van der Waals surface area contributed by atoms with Crippen molar-refractivity contribution in [3.63, 3.8) is 0 Å². The maximum atomic E-state index is 12.9. The largest absolute Gasteiger partial charge is 0.368 e. The van der Waals surface area contributed by atoms with E-state index >= 15 is 0 Å². The van der Waals surface area contributed by atoms with Crippen LogP contribution >= 0.6 is 15.9 Å². The minimum atomic E-state index is -4.23. The van der Waals surface area contributed by atoms with E-state index in [9.17, 15) is 23.3 Å². The molecule has 0 aliphatic carbocycles. The Morgan fingerprint density at radius 3 is 2.46 bits per heavy atom. The number of hydrogen-bond acceptors (Lipinski definition) is 5. The van der Waals surface area contributed by atoms with Crippen LogP contribution in [0.2, 0.25) is 0 Å². The molecule has 24 heavy (non-hydrogen) atoms. The van der Waals surface area contributed by atoms with Gasteiger partial charge in [0.2, 0.25) is 5.91 Å². The molecule has 0 saturated heterocycles. The molecule has 0 spiro atoms. The van der Waals surface area contributed by atoms with E-state index in [0.717, 1.165) is 10.4 Å². The van der Waals surface area contributed by atoms with Gasteiger partial charge in [0.25, 0.3) is 15.7 Å². The number of nitrogens with two attached hydrogens (primary N) is 1. The number of sulfonamides is 1. The zero-order valence-corrected chi connectivity index (χ0v) is 14.5. The van der Waals surface area contributed by atoms with Crippen molar-refractivity contribution in [1.29, 1.82) is 0 Å². The predicted octanol–water partition coefficient (Wildman–Crippen LogP) is 2.04. The lowest BCUT2D eigenvalue weighted by molar-refractivity contribution is -0.385. The number of non-ortho nitro benzene ring substituents is 1. The number of para-hydroxylation sites is 1. The Bertz CT molecular complexity index is 901. The maximum absolute atomic E-state index is 12.9. The van der Waals surface area contributed by atoms with Gasteiger partial charge in [-0.3, -0.25) is 19.2 Å². The van der Waals surface area contributed by atoms with E-state index in [-0.39, 0.29) is 16.3 Å². The molecule has 0 atom stereocenters. The molecule has 10 heteroatoms. The first-order valence-corrected chi connectivity index (χ1v) is 8.77. The quantitative estimate of drug-likeness (QED) is 0.572. The topological polar surface area (TPSA) is 124 Å². The van der Waals surface area contributed by atoms with Gasteiger partial charge in [-0.25, -0.2) is 8.42 Å². The first-order valence-electron chi connectivity index (χ1n) is 6.53. The zero-order chi connectivity index (χ0) is 17.9. The Labute approximate surface area is 146 Å². The van der Waals surface area contributed by atoms with Crippen molar-refractivity contribution in [3.05, 3.63) is 63.1 Å². The lowest BCUT2D eigenvalue weighted by Gasteiger charge is -2.24. The maximum Gasteiger partial charge on any atom is 0.270 e. The molecule has 2 N–H and O–H groups in total. The van der Waals surface area contributed by atoms with Crippen molar-refractivity contribution in [3.8, 4) is 0 Å². The van der Waals surface area contributed by atoms with Gasteiger partial charge in [-0.15, -0.1) is 0 Å². The van der Waals surface area contributed by atoms with Crippen LogP contribution in [0, 0.1) is 10.1 Å². The number of carbonyl (C=O) groups excluding carboxylic acids is 1. The molecule has 0 aliphatic rings. The first-order chi connectivity index (χ1) is 11.2. The molecule has 2 aromatic carbocycles. The summed E-state index contributed by atoms with van der Waals surface area (Å²) in [4.78, 5) is 21.2. The highest BCUT2D eigenvalue weighted by Gasteiger charge is 2.29. The zero-order valence-electron chi connectivity index (χ0n) is 12.1. The molecule has 2 rings (SSSR count). The number of rotatable bonds is 6. The number of carbonyl (C=O) groups is 1. The lowest BCUT2D eigenvalue weighted by atomic mass is 10.3. The Balaban J connectivity index is 2.60. The van der Waals surface area contributed by atoms with Crippen LogP contribution in [-0.2, 0) is 14.8 Å². The molecule has 0 saturated carbocycles. The molecule has 126 valence electrons. The smallest absolute Gasteiger partial charge is 0.270 e. The number of nitrogens with zero attached hydrogens (tertiary/aromatic N) is 2. The fraction of sp³-hybridized carbons (Fsp3) is 0.0714. The Morgan fingerprint density at radius 2 is 1.88 bits per heavy atom. The fourth-order valence-electron chi connectivity index (χ4n) is 1.98. The molecule has 0 unspecified atom stereocenters. The van der Waals surface area contributed by atoms with Gasteiger partial charge in [0.15, 0.2) is 0 Å². The summed E-state index contributed by atoms with van der Waals surface area (Å²) in [5, 5.41) is 10.9. The summed E-state index contributed by atoms with van der Waals surface area (Å²) in [6.45, 7) is -0.604. The Hall–Kier alpha value is -2.46. The van der Waals surface area contributed by atoms with Crippen molar-refractivity contribution in [2.24, 2.45) is 5.73 Å². The molecule has 0 aliphatic heterocycles. The SMILES string of the molecule is NC(=O)CN(c1ccccc1Br)S(=O)(=O)c1cccc([N+](=O)[O-])c1. The number of anilines is 1. The average Bonchev–Trinajstić information content (AvgIpc) is 2.53. The minimum Gasteiger partial charge on any atom is -0.368 e. The van der Waals surface area contributed by atoms with Crippen LogP contribution in [0.4, 0.5) is 11.4 Å². The molecular formula is C14H12BrN3O5S. The number of benzene rings is 2. The van der Waals surface area contributed by atoms with Gasteiger partial charge in [0.1, 0.15) is 6.54 Å². The van der Waals surface area contributed by atoms with E-state index in [1.54, 1.807) is 18.2 Å². The van der Waals surface area contributed by atoms with Crippen LogP contribution in [0.3, 0.4) is 0 Å². The van der Waals surface area contributed by atoms with E-state index in [1.165, 1.54) is 24.3 Å². The summed E-state index contributed by atoms with van der Waals surface area (Å²) in [7, 11) is -4.23. The molecule has 0 heterocycles. The minimum absolute atomic E-state index is 0.197. The third-order valence-electron chi connectivity index (χ3n) is 3.04. The summed E-state index contributed by atoms with van der Waals surface area (Å²) in [5.41, 5.74) is 4.99. The van der Waals surface area contributed by atoms with Gasteiger partial charge >= 0.3 is 0 Å². The van der Waals surface area contributed by atoms with Crippen molar-refractivity contribution in [2.75, 3.05) is 10.8 Å². The second kappa shape index (κ2) is 6.97. The van der Waals surface area contributed by atoms with Crippen LogP contribution in [0.25, 0.3) is 0 Å². The number of halogens is 1. The Morgan fingerprint density at radius 1 is 1.21 bits per heavy atom. The monoisotopic (exact) mass is 413 g/mol. The number of nitro benzene ring substituents is 1. The predicted molar refractivity (Wildman–Crippen MR) is 91.0 cm³/mol. The third-order valence-corrected chi connectivity index (χ3v) is 5.46. The molecule has 1 amide bonds. The van der Waals surface area contributed by atoms with Gasteiger partial charge in [-0.05, 0) is 34.1 Å². The van der Waals surface area contributed by atoms with Gasteiger partial charge < -0.3 is 5.73 Å². The van der Waals surface area contributed by atoms with Crippen LogP contribution < -0.4 is 10.0 Å². The molecular weight excluding hydrogens is 402 g/mol. The first kappa shape index (κ1) is 17.9. The van der Waals surface area contributed by atoms with Crippen LogP contribution in [-0.4, -0.2) is 25.8 Å². The normalized spacial score (nSPS) is 11.0. The van der Waals surface area contributed by atoms with E-state index in [0.29, 0.717) is 4.47 Å². The number of hydrogen-bond donors (Lipinski definition) is 1. The van der Waals surface area contributed by atoms with Crippen LogP contribution in [0.1, 0.15) is 0 Å². The second-order valence-corrected chi connectivity index (χ2v) is 7.40. The third kappa shape index (κ3) is 3.71. The molecule has 0 fully saturated rings. The number of nitro groups is 1. The number of amides is 1. The van der Waals surface area contributed by atoms with Gasteiger partial charge in [0.05, 0.1) is 15.5 Å². The van der Waals surface area contributed by atoms with Crippen molar-refractivity contribution in [2.45, 2.75) is 4.90 Å². The van der Waals surface area contributed by atoms with Crippen molar-refractivity contribution >= 4 is 43.2 Å². The molecule has 0 aromatic heterocycles. The van der Waals surface area contributed by atoms with Crippen molar-refractivity contribution < 1.29 is 18.1 Å². The molecule has 0 bridgehead atoms. The number of primary amides is 1. The van der Waals surface area contributed by atoms with Crippen LogP contribution in [0.5, 0.6) is 0 Å². The standard InChI is InChI=1S/C14H12BrN3O5S/c15-12-6-1-2-7-13(12)17(9-14(16)19)24(22,23)11-5-3-4-10(8-11)18(20)21/h1-8H,9H2,(H2,16,19). The van der Waals surface area contributed by atoms with Crippen LogP contribution in [0.15, 0.2) is 57.9 Å². The molecule has 0 radical (unpaired) electrons.